The van der Waals surface area contributed by atoms with Gasteiger partial charge in [-0.25, -0.2) is 0 Å². The molecule has 3 nitrogen and oxygen atoms in total. The summed E-state index contributed by atoms with van der Waals surface area (Å²) in [4.78, 5) is 0. The van der Waals surface area contributed by atoms with E-state index >= 15 is 0 Å². The number of hydrogen-bond acceptors (Lipinski definition) is 3. The molecule has 0 rings (SSSR count). The molecule has 3 N–H and O–H groups in total. The molecule has 0 aliphatic carbocycles. The Labute approximate surface area is 62.2 Å². The first-order valence-electron chi connectivity index (χ1n) is 2.01. The quantitative estimate of drug-likeness (QED) is 0.429. The predicted octanol–water partition coefficient (Wildman–Crippen LogP) is -0.953. The van der Waals surface area contributed by atoms with Crippen LogP contribution in [0.1, 0.15) is 0 Å². The van der Waals surface area contributed by atoms with Crippen LogP contribution >= 0.6 is 7.92 Å². The van der Waals surface area contributed by atoms with Crippen molar-refractivity contribution in [2.45, 2.75) is 0 Å². The number of aliphatic hydroxyl groups excluding tert-OH is 3. The molecule has 0 aliphatic heterocycles. The van der Waals surface area contributed by atoms with Crippen molar-refractivity contribution in [3.05, 3.63) is 0 Å². The Morgan fingerprint density at radius 2 is 1.12 bits per heavy atom. The molecular formula is C3H10O3PRu+. The molecule has 0 spiro atoms. The van der Waals surface area contributed by atoms with Crippen molar-refractivity contribution in [2.24, 2.45) is 0 Å². The van der Waals surface area contributed by atoms with Gasteiger partial charge in [0.05, 0.1) is 7.92 Å². The van der Waals surface area contributed by atoms with E-state index in [1.807, 2.05) is 0 Å². The Bertz CT molecular complexity index is 36.0. The third-order valence-corrected chi connectivity index (χ3v) is 2.01. The average molecular weight is 226 g/mol. The second-order valence-corrected chi connectivity index (χ2v) is 3.67. The molecule has 0 saturated heterocycles. The minimum absolute atomic E-state index is 0. The summed E-state index contributed by atoms with van der Waals surface area (Å²) in [7, 11) is -1.20. The van der Waals surface area contributed by atoms with Crippen LogP contribution in [0.15, 0.2) is 0 Å². The van der Waals surface area contributed by atoms with Crippen molar-refractivity contribution in [2.75, 3.05) is 19.0 Å². The van der Waals surface area contributed by atoms with Crippen LogP contribution in [0.2, 0.25) is 0 Å². The molecule has 0 saturated carbocycles. The fourth-order valence-corrected chi connectivity index (χ4v) is 0.450. The van der Waals surface area contributed by atoms with Crippen molar-refractivity contribution in [3.8, 4) is 0 Å². The van der Waals surface area contributed by atoms with Gasteiger partial charge in [0.15, 0.2) is 19.0 Å². The van der Waals surface area contributed by atoms with Crippen molar-refractivity contribution >= 4 is 7.92 Å². The van der Waals surface area contributed by atoms with Crippen LogP contribution in [-0.4, -0.2) is 34.4 Å². The summed E-state index contributed by atoms with van der Waals surface area (Å²) < 4.78 is 0. The van der Waals surface area contributed by atoms with Crippen LogP contribution in [-0.2, 0) is 19.5 Å². The van der Waals surface area contributed by atoms with Crippen LogP contribution in [0.5, 0.6) is 0 Å². The Kier molecular flexibility index (Phi) is 11.6. The molecule has 0 heterocycles. The monoisotopic (exact) mass is 227 g/mol. The van der Waals surface area contributed by atoms with Gasteiger partial charge in [-0.1, -0.05) is 0 Å². The maximum absolute atomic E-state index is 8.25. The van der Waals surface area contributed by atoms with E-state index in [1.54, 1.807) is 0 Å². The van der Waals surface area contributed by atoms with Gasteiger partial charge in [0, 0.05) is 19.5 Å². The van der Waals surface area contributed by atoms with E-state index in [0.717, 1.165) is 0 Å². The summed E-state index contributed by atoms with van der Waals surface area (Å²) in [5, 5.41) is 24.8. The molecule has 0 bridgehead atoms. The third kappa shape index (κ3) is 5.08. The number of hydrogen-bond donors (Lipinski definition) is 3. The Hall–Kier alpha value is 0.933. The number of aliphatic hydroxyl groups is 3. The molecule has 0 aromatic rings. The summed E-state index contributed by atoms with van der Waals surface area (Å²) in [6.07, 6.45) is -0.132. The first-order chi connectivity index (χ1) is 3.35. The zero-order valence-corrected chi connectivity index (χ0v) is 7.05. The van der Waals surface area contributed by atoms with E-state index in [0.29, 0.717) is 0 Å². The van der Waals surface area contributed by atoms with Gasteiger partial charge in [0.2, 0.25) is 0 Å². The van der Waals surface area contributed by atoms with Crippen molar-refractivity contribution in [1.29, 1.82) is 0 Å². The van der Waals surface area contributed by atoms with Gasteiger partial charge in [-0.15, -0.1) is 0 Å². The maximum Gasteiger partial charge on any atom is 0.156 e. The third-order valence-electron chi connectivity index (χ3n) is 0.671. The van der Waals surface area contributed by atoms with Gasteiger partial charge >= 0.3 is 0 Å². The summed E-state index contributed by atoms with van der Waals surface area (Å²) in [6, 6.07) is 0. The van der Waals surface area contributed by atoms with Crippen LogP contribution in [0.25, 0.3) is 0 Å². The zero-order chi connectivity index (χ0) is 5.70. The Morgan fingerprint density at radius 1 is 0.875 bits per heavy atom. The van der Waals surface area contributed by atoms with Crippen molar-refractivity contribution in [3.63, 3.8) is 0 Å². The molecule has 0 aromatic carbocycles. The van der Waals surface area contributed by atoms with Gasteiger partial charge in [-0.3, -0.25) is 0 Å². The smallest absolute Gasteiger partial charge is 0.156 e. The van der Waals surface area contributed by atoms with Crippen LogP contribution in [0.4, 0.5) is 0 Å². The molecular weight excluding hydrogens is 216 g/mol. The van der Waals surface area contributed by atoms with E-state index in [4.69, 9.17) is 15.3 Å². The number of rotatable bonds is 3. The van der Waals surface area contributed by atoms with Crippen LogP contribution in [0.3, 0.4) is 0 Å². The summed E-state index contributed by atoms with van der Waals surface area (Å²) in [5.74, 6) is 0. The SMILES string of the molecule is OC[PH+](CO)CO.[Ru]. The fraction of sp³-hybridized carbons (Fsp3) is 1.00. The fourth-order valence-electron chi connectivity index (χ4n) is 0.150. The minimum Gasteiger partial charge on any atom is -0.362 e. The molecule has 0 unspecified atom stereocenters. The molecule has 5 heteroatoms. The van der Waals surface area contributed by atoms with E-state index in [9.17, 15) is 0 Å². The normalized spacial score (nSPS) is 9.00. The molecule has 0 amide bonds. The molecule has 0 aromatic heterocycles. The maximum atomic E-state index is 8.25. The van der Waals surface area contributed by atoms with Crippen molar-refractivity contribution in [1.82, 2.24) is 0 Å². The molecule has 8 heavy (non-hydrogen) atoms. The van der Waals surface area contributed by atoms with Gasteiger partial charge < -0.3 is 15.3 Å². The van der Waals surface area contributed by atoms with Gasteiger partial charge in [-0.05, 0) is 0 Å². The standard InChI is InChI=1S/C3H9O3P.Ru/c4-1-7(2-5)3-6;/h4-6H,1-3H2;/p+1. The van der Waals surface area contributed by atoms with E-state index < -0.39 is 7.92 Å². The molecule has 0 radical (unpaired) electrons. The van der Waals surface area contributed by atoms with E-state index in [-0.39, 0.29) is 38.5 Å². The second kappa shape index (κ2) is 7.93. The summed E-state index contributed by atoms with van der Waals surface area (Å²) in [5.41, 5.74) is 0. The van der Waals surface area contributed by atoms with Gasteiger partial charge in [0.1, 0.15) is 0 Å². The van der Waals surface area contributed by atoms with Crippen LogP contribution in [0, 0.1) is 0 Å². The Morgan fingerprint density at radius 3 is 1.12 bits per heavy atom. The van der Waals surface area contributed by atoms with Gasteiger partial charge in [0.25, 0.3) is 0 Å². The minimum atomic E-state index is -1.20. The zero-order valence-electron chi connectivity index (χ0n) is 4.32. The topological polar surface area (TPSA) is 60.7 Å². The summed E-state index contributed by atoms with van der Waals surface area (Å²) >= 11 is 0. The average Bonchev–Trinajstić information content (AvgIpc) is 1.72. The molecule has 0 atom stereocenters. The second-order valence-electron chi connectivity index (χ2n) is 1.22. The summed E-state index contributed by atoms with van der Waals surface area (Å²) in [6.45, 7) is 0. The van der Waals surface area contributed by atoms with Crippen LogP contribution < -0.4 is 0 Å². The first kappa shape index (κ1) is 11.7. The predicted molar refractivity (Wildman–Crippen MR) is 29.6 cm³/mol. The molecule has 52 valence electrons. The van der Waals surface area contributed by atoms with E-state index in [2.05, 4.69) is 0 Å². The van der Waals surface area contributed by atoms with Gasteiger partial charge in [-0.2, -0.15) is 0 Å². The van der Waals surface area contributed by atoms with Crippen molar-refractivity contribution < 1.29 is 34.8 Å². The first-order valence-corrected chi connectivity index (χ1v) is 4.13. The Balaban J connectivity index is 0. The molecule has 0 aliphatic rings. The van der Waals surface area contributed by atoms with E-state index in [1.165, 1.54) is 0 Å². The molecule has 0 fully saturated rings. The largest absolute Gasteiger partial charge is 0.362 e.